The number of rotatable bonds is 4. The molecule has 96 valence electrons. The molecule has 0 aliphatic carbocycles. The zero-order chi connectivity index (χ0) is 13.1. The van der Waals surface area contributed by atoms with Gasteiger partial charge in [0.1, 0.15) is 18.1 Å². The Morgan fingerprint density at radius 2 is 1.94 bits per heavy atom. The molecule has 2 aromatic rings. The largest absolute Gasteiger partial charge is 0.487 e. The highest BCUT2D eigenvalue weighted by Gasteiger charge is 2.07. The van der Waals surface area contributed by atoms with E-state index in [9.17, 15) is 0 Å². The maximum absolute atomic E-state index is 5.84. The summed E-state index contributed by atoms with van der Waals surface area (Å²) in [5.74, 6) is 1.42. The molecule has 0 spiro atoms. The lowest BCUT2D eigenvalue weighted by Gasteiger charge is -2.12. The van der Waals surface area contributed by atoms with Crippen molar-refractivity contribution in [2.24, 2.45) is 7.05 Å². The molecule has 0 saturated heterocycles. The lowest BCUT2D eigenvalue weighted by atomic mass is 10.1. The molecule has 0 radical (unpaired) electrons. The third kappa shape index (κ3) is 2.82. The summed E-state index contributed by atoms with van der Waals surface area (Å²) in [6, 6.07) is 4.10. The first kappa shape index (κ1) is 12.9. The molecule has 0 fully saturated rings. The molecular formula is C13H16ClN3O. The molecule has 1 heterocycles. The highest BCUT2D eigenvalue weighted by atomic mass is 35.5. The maximum atomic E-state index is 5.84. The normalized spacial score (nSPS) is 10.7. The van der Waals surface area contributed by atoms with Crippen LogP contribution in [0.25, 0.3) is 0 Å². The molecule has 5 heteroatoms. The van der Waals surface area contributed by atoms with Gasteiger partial charge >= 0.3 is 0 Å². The highest BCUT2D eigenvalue weighted by molar-refractivity contribution is 6.17. The Hall–Kier alpha value is -1.55. The van der Waals surface area contributed by atoms with Crippen molar-refractivity contribution in [1.82, 2.24) is 15.0 Å². The minimum Gasteiger partial charge on any atom is -0.487 e. The first-order chi connectivity index (χ1) is 8.60. The number of nitrogens with zero attached hydrogens (tertiary/aromatic N) is 3. The van der Waals surface area contributed by atoms with Crippen LogP contribution in [0.15, 0.2) is 18.3 Å². The van der Waals surface area contributed by atoms with Crippen molar-refractivity contribution in [3.63, 3.8) is 0 Å². The predicted molar refractivity (Wildman–Crippen MR) is 70.8 cm³/mol. The molecular weight excluding hydrogens is 250 g/mol. The van der Waals surface area contributed by atoms with Crippen molar-refractivity contribution < 1.29 is 4.74 Å². The number of halogens is 1. The van der Waals surface area contributed by atoms with Crippen molar-refractivity contribution in [3.8, 4) is 5.75 Å². The van der Waals surface area contributed by atoms with Crippen LogP contribution < -0.4 is 4.74 Å². The summed E-state index contributed by atoms with van der Waals surface area (Å²) >= 11 is 5.84. The maximum Gasteiger partial charge on any atom is 0.134 e. The molecule has 0 amide bonds. The van der Waals surface area contributed by atoms with Crippen LogP contribution in [0, 0.1) is 13.8 Å². The van der Waals surface area contributed by atoms with Crippen molar-refractivity contribution >= 4 is 11.6 Å². The molecule has 18 heavy (non-hydrogen) atoms. The van der Waals surface area contributed by atoms with E-state index in [-0.39, 0.29) is 0 Å². The van der Waals surface area contributed by atoms with E-state index < -0.39 is 0 Å². The number of ether oxygens (including phenoxy) is 1. The van der Waals surface area contributed by atoms with Gasteiger partial charge in [-0.2, -0.15) is 0 Å². The van der Waals surface area contributed by atoms with E-state index in [2.05, 4.69) is 10.3 Å². The fourth-order valence-corrected chi connectivity index (χ4v) is 2.11. The average molecular weight is 266 g/mol. The minimum absolute atomic E-state index is 0.426. The Morgan fingerprint density at radius 1 is 1.28 bits per heavy atom. The zero-order valence-electron chi connectivity index (χ0n) is 10.8. The van der Waals surface area contributed by atoms with Crippen LogP contribution in [0.3, 0.4) is 0 Å². The van der Waals surface area contributed by atoms with Crippen molar-refractivity contribution in [3.05, 3.63) is 40.7 Å². The van der Waals surface area contributed by atoms with E-state index in [1.165, 1.54) is 0 Å². The molecule has 1 aromatic heterocycles. The number of aryl methyl sites for hydroxylation is 3. The van der Waals surface area contributed by atoms with Crippen molar-refractivity contribution in [2.75, 3.05) is 0 Å². The van der Waals surface area contributed by atoms with Crippen molar-refractivity contribution in [1.29, 1.82) is 0 Å². The van der Waals surface area contributed by atoms with Crippen LogP contribution in [-0.2, 0) is 19.5 Å². The molecule has 1 aromatic carbocycles. The standard InChI is InChI=1S/C13H16ClN3O/c1-9-4-11(6-14)5-10(2)13(9)18-8-12-7-17(3)16-15-12/h4-5,7H,6,8H2,1-3H3. The van der Waals surface area contributed by atoms with Crippen LogP contribution in [-0.4, -0.2) is 15.0 Å². The fourth-order valence-electron chi connectivity index (χ4n) is 1.95. The van der Waals surface area contributed by atoms with Gasteiger partial charge in [0.15, 0.2) is 0 Å². The first-order valence-electron chi connectivity index (χ1n) is 5.74. The fraction of sp³-hybridized carbons (Fsp3) is 0.385. The Kier molecular flexibility index (Phi) is 3.87. The number of alkyl halides is 1. The summed E-state index contributed by atoms with van der Waals surface area (Å²) in [6.45, 7) is 4.47. The van der Waals surface area contributed by atoms with Gasteiger partial charge in [0, 0.05) is 12.9 Å². The molecule has 0 unspecified atom stereocenters. The van der Waals surface area contributed by atoms with Crippen LogP contribution in [0.5, 0.6) is 5.75 Å². The van der Waals surface area contributed by atoms with Gasteiger partial charge in [-0.15, -0.1) is 16.7 Å². The molecule has 2 rings (SSSR count). The summed E-state index contributed by atoms with van der Waals surface area (Å²) in [5.41, 5.74) is 4.11. The Balaban J connectivity index is 2.14. The second kappa shape index (κ2) is 5.40. The van der Waals surface area contributed by atoms with E-state index >= 15 is 0 Å². The smallest absolute Gasteiger partial charge is 0.134 e. The van der Waals surface area contributed by atoms with Gasteiger partial charge in [0.05, 0.1) is 6.20 Å². The Labute approximate surface area is 112 Å². The van der Waals surface area contributed by atoms with Crippen LogP contribution in [0.2, 0.25) is 0 Å². The van der Waals surface area contributed by atoms with E-state index in [1.54, 1.807) is 4.68 Å². The zero-order valence-corrected chi connectivity index (χ0v) is 11.5. The van der Waals surface area contributed by atoms with Gasteiger partial charge in [0.25, 0.3) is 0 Å². The highest BCUT2D eigenvalue weighted by Crippen LogP contribution is 2.26. The quantitative estimate of drug-likeness (QED) is 0.798. The minimum atomic E-state index is 0.426. The van der Waals surface area contributed by atoms with E-state index in [4.69, 9.17) is 16.3 Å². The average Bonchev–Trinajstić information content (AvgIpc) is 2.73. The molecule has 0 aliphatic heterocycles. The SMILES string of the molecule is Cc1cc(CCl)cc(C)c1OCc1cn(C)nn1. The van der Waals surface area contributed by atoms with E-state index in [1.807, 2.05) is 39.2 Å². The van der Waals surface area contributed by atoms with Crippen LogP contribution >= 0.6 is 11.6 Å². The number of hydrogen-bond donors (Lipinski definition) is 0. The lowest BCUT2D eigenvalue weighted by Crippen LogP contribution is -2.00. The summed E-state index contributed by atoms with van der Waals surface area (Å²) in [6.07, 6.45) is 1.85. The van der Waals surface area contributed by atoms with Gasteiger partial charge in [-0.25, -0.2) is 0 Å². The van der Waals surface area contributed by atoms with Gasteiger partial charge in [-0.1, -0.05) is 17.3 Å². The third-order valence-corrected chi connectivity index (χ3v) is 3.00. The van der Waals surface area contributed by atoms with Crippen molar-refractivity contribution in [2.45, 2.75) is 26.3 Å². The molecule has 0 saturated carbocycles. The van der Waals surface area contributed by atoms with E-state index in [0.717, 1.165) is 28.1 Å². The number of hydrogen-bond acceptors (Lipinski definition) is 3. The summed E-state index contributed by atoms with van der Waals surface area (Å²) < 4.78 is 7.47. The van der Waals surface area contributed by atoms with Gasteiger partial charge in [-0.3, -0.25) is 4.68 Å². The second-order valence-corrected chi connectivity index (χ2v) is 4.63. The second-order valence-electron chi connectivity index (χ2n) is 4.36. The lowest BCUT2D eigenvalue weighted by molar-refractivity contribution is 0.297. The number of aromatic nitrogens is 3. The third-order valence-electron chi connectivity index (χ3n) is 2.69. The molecule has 0 bridgehead atoms. The molecule has 0 N–H and O–H groups in total. The molecule has 4 nitrogen and oxygen atoms in total. The molecule has 0 atom stereocenters. The van der Waals surface area contributed by atoms with Gasteiger partial charge < -0.3 is 4.74 Å². The summed E-state index contributed by atoms with van der Waals surface area (Å²) in [5, 5.41) is 7.86. The Morgan fingerprint density at radius 3 is 2.44 bits per heavy atom. The monoisotopic (exact) mass is 265 g/mol. The molecule has 0 aliphatic rings. The topological polar surface area (TPSA) is 39.9 Å². The summed E-state index contributed by atoms with van der Waals surface area (Å²) in [7, 11) is 1.84. The summed E-state index contributed by atoms with van der Waals surface area (Å²) in [4.78, 5) is 0. The Bertz CT molecular complexity index is 528. The predicted octanol–water partition coefficient (Wildman–Crippen LogP) is 2.75. The van der Waals surface area contributed by atoms with Gasteiger partial charge in [-0.05, 0) is 30.5 Å². The van der Waals surface area contributed by atoms with E-state index in [0.29, 0.717) is 12.5 Å². The first-order valence-corrected chi connectivity index (χ1v) is 6.27. The van der Waals surface area contributed by atoms with Crippen LogP contribution in [0.1, 0.15) is 22.4 Å². The van der Waals surface area contributed by atoms with Crippen LogP contribution in [0.4, 0.5) is 0 Å². The number of benzene rings is 1. The van der Waals surface area contributed by atoms with Gasteiger partial charge in [0.2, 0.25) is 0 Å².